The van der Waals surface area contributed by atoms with Crippen molar-refractivity contribution < 1.29 is 4.74 Å². The van der Waals surface area contributed by atoms with Gasteiger partial charge in [0.25, 0.3) is 0 Å². The highest BCUT2D eigenvalue weighted by Gasteiger charge is 2.37. The van der Waals surface area contributed by atoms with Crippen molar-refractivity contribution in [2.45, 2.75) is 214 Å². The Morgan fingerprint density at radius 3 is 0.972 bits per heavy atom. The van der Waals surface area contributed by atoms with Gasteiger partial charge in [-0.25, -0.2) is 0 Å². The van der Waals surface area contributed by atoms with E-state index in [0.29, 0.717) is 11.5 Å². The van der Waals surface area contributed by atoms with Crippen molar-refractivity contribution in [2.24, 2.45) is 5.41 Å². The zero-order valence-electron chi connectivity index (χ0n) is 26.3. The second-order valence-corrected chi connectivity index (χ2v) is 12.2. The fourth-order valence-corrected chi connectivity index (χ4v) is 6.41. The Labute approximate surface area is 230 Å². The Hall–Kier alpha value is -0.0400. The molecular weight excluding hydrogens is 436 g/mol. The van der Waals surface area contributed by atoms with E-state index in [-0.39, 0.29) is 0 Å². The minimum absolute atomic E-state index is 0.429. The predicted octanol–water partition coefficient (Wildman–Crippen LogP) is 13.0. The topological polar surface area (TPSA) is 9.23 Å². The molecule has 36 heavy (non-hydrogen) atoms. The van der Waals surface area contributed by atoms with E-state index in [4.69, 9.17) is 4.74 Å². The second kappa shape index (κ2) is 28.0. The van der Waals surface area contributed by atoms with Crippen LogP contribution < -0.4 is 0 Å². The largest absolute Gasteiger partial charge is 0.381 e. The highest BCUT2D eigenvalue weighted by Crippen LogP contribution is 2.43. The van der Waals surface area contributed by atoms with Gasteiger partial charge in [0.2, 0.25) is 0 Å². The van der Waals surface area contributed by atoms with Crippen LogP contribution in [0.4, 0.5) is 0 Å². The molecule has 0 N–H and O–H groups in total. The summed E-state index contributed by atoms with van der Waals surface area (Å²) in [7, 11) is 2.04. The lowest BCUT2D eigenvalue weighted by Crippen LogP contribution is -2.37. The molecule has 0 aliphatic heterocycles. The van der Waals surface area contributed by atoms with Crippen LogP contribution in [0.1, 0.15) is 207 Å². The Morgan fingerprint density at radius 1 is 0.389 bits per heavy atom. The zero-order chi connectivity index (χ0) is 26.6. The molecule has 0 aromatic heterocycles. The van der Waals surface area contributed by atoms with E-state index in [1.807, 2.05) is 7.11 Å². The summed E-state index contributed by atoms with van der Waals surface area (Å²) in [5.74, 6) is 0. The summed E-state index contributed by atoms with van der Waals surface area (Å²) in [4.78, 5) is 0. The van der Waals surface area contributed by atoms with Crippen molar-refractivity contribution in [3.63, 3.8) is 0 Å². The number of rotatable bonds is 30. The Bertz CT molecular complexity index is 363. The third-order valence-corrected chi connectivity index (χ3v) is 8.87. The lowest BCUT2D eigenvalue weighted by molar-refractivity contribution is -0.0398. The molecule has 0 aliphatic rings. The molecule has 0 aliphatic carbocycles. The van der Waals surface area contributed by atoms with Crippen LogP contribution in [-0.2, 0) is 4.74 Å². The second-order valence-electron chi connectivity index (χ2n) is 12.2. The highest BCUT2D eigenvalue weighted by atomic mass is 16.5. The average molecular weight is 509 g/mol. The third kappa shape index (κ3) is 20.0. The molecule has 0 aromatic carbocycles. The first kappa shape index (κ1) is 36.0. The zero-order valence-corrected chi connectivity index (χ0v) is 26.3. The smallest absolute Gasteiger partial charge is 0.0627 e. The molecule has 0 bridgehead atoms. The summed E-state index contributed by atoms with van der Waals surface area (Å²) >= 11 is 0. The van der Waals surface area contributed by atoms with E-state index in [1.54, 1.807) is 0 Å². The lowest BCUT2D eigenvalue weighted by atomic mass is 9.68. The van der Waals surface area contributed by atoms with Gasteiger partial charge in [0, 0.05) is 7.11 Å². The Morgan fingerprint density at radius 2 is 0.667 bits per heavy atom. The summed E-state index contributed by atoms with van der Waals surface area (Å²) < 4.78 is 6.43. The van der Waals surface area contributed by atoms with Crippen molar-refractivity contribution in [3.8, 4) is 0 Å². The third-order valence-electron chi connectivity index (χ3n) is 8.87. The van der Waals surface area contributed by atoms with Crippen molar-refractivity contribution >= 4 is 0 Å². The van der Waals surface area contributed by atoms with Crippen LogP contribution >= 0.6 is 0 Å². The molecule has 218 valence electrons. The van der Waals surface area contributed by atoms with Gasteiger partial charge in [0.15, 0.2) is 0 Å². The number of methoxy groups -OCH3 is 1. The SMILES string of the molecule is CCCCCCCCC(OC)C(CCCCCCCC)(CCCCCCCC)CCCCCCCC. The van der Waals surface area contributed by atoms with Gasteiger partial charge < -0.3 is 4.74 Å². The molecule has 0 fully saturated rings. The summed E-state index contributed by atoms with van der Waals surface area (Å²) in [5, 5.41) is 0. The minimum atomic E-state index is 0.429. The van der Waals surface area contributed by atoms with Crippen LogP contribution in [0.3, 0.4) is 0 Å². The Balaban J connectivity index is 5.15. The van der Waals surface area contributed by atoms with Crippen molar-refractivity contribution in [3.05, 3.63) is 0 Å². The molecule has 0 aromatic rings. The number of hydrogen-bond donors (Lipinski definition) is 0. The quantitative estimate of drug-likeness (QED) is 0.0876. The van der Waals surface area contributed by atoms with Crippen molar-refractivity contribution in [2.75, 3.05) is 7.11 Å². The molecule has 0 saturated heterocycles. The van der Waals surface area contributed by atoms with Gasteiger partial charge in [0.1, 0.15) is 0 Å². The van der Waals surface area contributed by atoms with Gasteiger partial charge in [-0.05, 0) is 31.1 Å². The van der Waals surface area contributed by atoms with E-state index in [2.05, 4.69) is 27.7 Å². The molecule has 1 nitrogen and oxygen atoms in total. The summed E-state index contributed by atoms with van der Waals surface area (Å²) in [6.45, 7) is 9.31. The maximum absolute atomic E-state index is 6.43. The van der Waals surface area contributed by atoms with Crippen molar-refractivity contribution in [1.29, 1.82) is 0 Å². The van der Waals surface area contributed by atoms with E-state index >= 15 is 0 Å². The van der Waals surface area contributed by atoms with Crippen LogP contribution in [-0.4, -0.2) is 13.2 Å². The van der Waals surface area contributed by atoms with Crippen LogP contribution in [0.25, 0.3) is 0 Å². The molecule has 0 heterocycles. The summed E-state index contributed by atoms with van der Waals surface area (Å²) in [6.07, 6.45) is 39.9. The highest BCUT2D eigenvalue weighted by molar-refractivity contribution is 4.88. The van der Waals surface area contributed by atoms with Gasteiger partial charge in [-0.15, -0.1) is 0 Å². The first-order valence-corrected chi connectivity index (χ1v) is 17.2. The number of ether oxygens (including phenoxy) is 1. The molecule has 1 heteroatoms. The number of hydrogen-bond acceptors (Lipinski definition) is 1. The molecule has 0 radical (unpaired) electrons. The lowest BCUT2D eigenvalue weighted by Gasteiger charge is -2.41. The normalized spacial score (nSPS) is 12.9. The van der Waals surface area contributed by atoms with E-state index in [9.17, 15) is 0 Å². The standard InChI is InChI=1S/C35H72O/c1-6-10-14-18-22-26-30-34(36-5)35(31-27-23-19-15-11-7-2,32-28-24-20-16-12-8-3)33-29-25-21-17-13-9-4/h34H,6-33H2,1-5H3. The van der Waals surface area contributed by atoms with Crippen molar-refractivity contribution in [1.82, 2.24) is 0 Å². The molecule has 1 atom stereocenters. The molecular formula is C35H72O. The Kier molecular flexibility index (Phi) is 27.9. The van der Waals surface area contributed by atoms with E-state index in [0.717, 1.165) is 0 Å². The fourth-order valence-electron chi connectivity index (χ4n) is 6.41. The maximum Gasteiger partial charge on any atom is 0.0627 e. The van der Waals surface area contributed by atoms with Crippen LogP contribution in [0.15, 0.2) is 0 Å². The fraction of sp³-hybridized carbons (Fsp3) is 1.00. The first-order chi connectivity index (χ1) is 17.7. The monoisotopic (exact) mass is 509 g/mol. The minimum Gasteiger partial charge on any atom is -0.381 e. The maximum atomic E-state index is 6.43. The predicted molar refractivity (Wildman–Crippen MR) is 165 cm³/mol. The molecule has 0 spiro atoms. The molecule has 0 amide bonds. The van der Waals surface area contributed by atoms with Gasteiger partial charge in [-0.1, -0.05) is 182 Å². The van der Waals surface area contributed by atoms with Gasteiger partial charge in [-0.3, -0.25) is 0 Å². The number of unbranched alkanes of at least 4 members (excludes halogenated alkanes) is 20. The van der Waals surface area contributed by atoms with E-state index in [1.165, 1.54) is 180 Å². The molecule has 0 rings (SSSR count). The van der Waals surface area contributed by atoms with Gasteiger partial charge >= 0.3 is 0 Å². The van der Waals surface area contributed by atoms with E-state index < -0.39 is 0 Å². The summed E-state index contributed by atoms with van der Waals surface area (Å²) in [6, 6.07) is 0. The molecule has 0 saturated carbocycles. The van der Waals surface area contributed by atoms with Crippen LogP contribution in [0.2, 0.25) is 0 Å². The first-order valence-electron chi connectivity index (χ1n) is 17.2. The summed E-state index contributed by atoms with van der Waals surface area (Å²) in [5.41, 5.74) is 0.429. The van der Waals surface area contributed by atoms with Crippen LogP contribution in [0.5, 0.6) is 0 Å². The molecule has 1 unspecified atom stereocenters. The average Bonchev–Trinajstić information content (AvgIpc) is 2.89. The van der Waals surface area contributed by atoms with Gasteiger partial charge in [-0.2, -0.15) is 0 Å². The van der Waals surface area contributed by atoms with Gasteiger partial charge in [0.05, 0.1) is 6.10 Å². The van der Waals surface area contributed by atoms with Crippen LogP contribution in [0, 0.1) is 5.41 Å².